The van der Waals surface area contributed by atoms with Crippen LogP contribution >= 0.6 is 11.8 Å². The van der Waals surface area contributed by atoms with Crippen molar-refractivity contribution >= 4 is 11.8 Å². The minimum absolute atomic E-state index is 0.203. The molecular weight excluding hydrogens is 232 g/mol. The molecule has 3 nitrogen and oxygen atoms in total. The third kappa shape index (κ3) is 3.37. The second kappa shape index (κ2) is 6.41. The van der Waals surface area contributed by atoms with E-state index < -0.39 is 0 Å². The lowest BCUT2D eigenvalue weighted by Crippen LogP contribution is -2.50. The van der Waals surface area contributed by atoms with Crippen LogP contribution in [0.25, 0.3) is 0 Å². The number of nitrogens with one attached hydrogen (secondary N) is 1. The smallest absolute Gasteiger partial charge is 0.0685 e. The SMILES string of the molecule is CSCC(NN)C1CCOC2(CCCCC2)C1. The molecule has 2 fully saturated rings. The van der Waals surface area contributed by atoms with Gasteiger partial charge in [0.05, 0.1) is 5.60 Å². The van der Waals surface area contributed by atoms with E-state index in [1.807, 2.05) is 11.8 Å². The van der Waals surface area contributed by atoms with Crippen molar-refractivity contribution in [1.29, 1.82) is 0 Å². The van der Waals surface area contributed by atoms with Gasteiger partial charge >= 0.3 is 0 Å². The van der Waals surface area contributed by atoms with Gasteiger partial charge in [0.25, 0.3) is 0 Å². The number of nitrogens with two attached hydrogens (primary N) is 1. The van der Waals surface area contributed by atoms with Gasteiger partial charge in [-0.2, -0.15) is 11.8 Å². The van der Waals surface area contributed by atoms with Gasteiger partial charge in [0.1, 0.15) is 0 Å². The highest BCUT2D eigenvalue weighted by Gasteiger charge is 2.40. The second-order valence-electron chi connectivity index (χ2n) is 5.57. The maximum atomic E-state index is 6.13. The van der Waals surface area contributed by atoms with Crippen molar-refractivity contribution in [3.8, 4) is 0 Å². The van der Waals surface area contributed by atoms with Crippen molar-refractivity contribution in [3.63, 3.8) is 0 Å². The summed E-state index contributed by atoms with van der Waals surface area (Å²) < 4.78 is 6.13. The first-order chi connectivity index (χ1) is 8.29. The number of hydrogen-bond acceptors (Lipinski definition) is 4. The van der Waals surface area contributed by atoms with E-state index in [1.54, 1.807) is 0 Å². The molecule has 100 valence electrons. The minimum Gasteiger partial charge on any atom is -0.375 e. The molecule has 1 spiro atoms. The van der Waals surface area contributed by atoms with E-state index in [0.29, 0.717) is 12.0 Å². The number of ether oxygens (including phenoxy) is 1. The van der Waals surface area contributed by atoms with Crippen LogP contribution in [-0.2, 0) is 4.74 Å². The van der Waals surface area contributed by atoms with Gasteiger partial charge in [0.2, 0.25) is 0 Å². The van der Waals surface area contributed by atoms with Crippen molar-refractivity contribution in [1.82, 2.24) is 5.43 Å². The van der Waals surface area contributed by atoms with E-state index in [1.165, 1.54) is 38.5 Å². The molecule has 2 rings (SSSR count). The van der Waals surface area contributed by atoms with Gasteiger partial charge < -0.3 is 4.74 Å². The fourth-order valence-electron chi connectivity index (χ4n) is 3.45. The Balaban J connectivity index is 1.95. The highest BCUT2D eigenvalue weighted by Crippen LogP contribution is 2.41. The zero-order chi connectivity index (χ0) is 12.1. The lowest BCUT2D eigenvalue weighted by molar-refractivity contribution is -0.120. The molecule has 17 heavy (non-hydrogen) atoms. The number of rotatable bonds is 4. The molecule has 1 aliphatic carbocycles. The summed E-state index contributed by atoms with van der Waals surface area (Å²) in [6.45, 7) is 0.928. The molecule has 4 heteroatoms. The first kappa shape index (κ1) is 13.7. The Morgan fingerprint density at radius 1 is 1.41 bits per heavy atom. The minimum atomic E-state index is 0.203. The Morgan fingerprint density at radius 2 is 2.18 bits per heavy atom. The van der Waals surface area contributed by atoms with Gasteiger partial charge in [-0.15, -0.1) is 0 Å². The Morgan fingerprint density at radius 3 is 2.82 bits per heavy atom. The molecule has 1 aliphatic heterocycles. The molecule has 0 amide bonds. The Kier molecular flexibility index (Phi) is 5.15. The first-order valence-corrected chi connectivity index (χ1v) is 8.28. The highest BCUT2D eigenvalue weighted by atomic mass is 32.2. The van der Waals surface area contributed by atoms with E-state index in [2.05, 4.69) is 11.7 Å². The summed E-state index contributed by atoms with van der Waals surface area (Å²) in [6, 6.07) is 0.452. The van der Waals surface area contributed by atoms with E-state index in [0.717, 1.165) is 18.8 Å². The molecular formula is C13H26N2OS. The monoisotopic (exact) mass is 258 g/mol. The maximum Gasteiger partial charge on any atom is 0.0685 e. The highest BCUT2D eigenvalue weighted by molar-refractivity contribution is 7.98. The molecule has 0 aromatic heterocycles. The summed E-state index contributed by atoms with van der Waals surface area (Å²) in [7, 11) is 0. The quantitative estimate of drug-likeness (QED) is 0.600. The predicted octanol–water partition coefficient (Wildman–Crippen LogP) is 2.31. The average molecular weight is 258 g/mol. The molecule has 2 unspecified atom stereocenters. The summed E-state index contributed by atoms with van der Waals surface area (Å²) >= 11 is 1.88. The first-order valence-electron chi connectivity index (χ1n) is 6.89. The zero-order valence-corrected chi connectivity index (χ0v) is 11.7. The summed E-state index contributed by atoms with van der Waals surface area (Å²) in [5.41, 5.74) is 3.22. The van der Waals surface area contributed by atoms with Crippen molar-refractivity contribution in [2.45, 2.75) is 56.6 Å². The average Bonchev–Trinajstić information content (AvgIpc) is 2.37. The fraction of sp³-hybridized carbons (Fsp3) is 1.00. The van der Waals surface area contributed by atoms with E-state index in [9.17, 15) is 0 Å². The van der Waals surface area contributed by atoms with Crippen molar-refractivity contribution in [2.24, 2.45) is 11.8 Å². The topological polar surface area (TPSA) is 47.3 Å². The summed E-state index contributed by atoms with van der Waals surface area (Å²) in [4.78, 5) is 0. The van der Waals surface area contributed by atoms with E-state index in [4.69, 9.17) is 10.6 Å². The lowest BCUT2D eigenvalue weighted by atomic mass is 9.74. The molecule has 2 atom stereocenters. The Hall–Kier alpha value is 0.230. The lowest BCUT2D eigenvalue weighted by Gasteiger charge is -2.45. The van der Waals surface area contributed by atoms with Gasteiger partial charge in [0.15, 0.2) is 0 Å². The molecule has 0 aromatic rings. The third-order valence-corrected chi connectivity index (χ3v) is 5.12. The summed E-state index contributed by atoms with van der Waals surface area (Å²) in [5.74, 6) is 7.51. The van der Waals surface area contributed by atoms with E-state index in [-0.39, 0.29) is 5.60 Å². The standard InChI is InChI=1S/C13H26N2OS/c1-17-10-12(15-14)11-5-8-16-13(9-11)6-3-2-4-7-13/h11-12,15H,2-10,14H2,1H3. The van der Waals surface area contributed by atoms with Crippen LogP contribution in [0.1, 0.15) is 44.9 Å². The number of hydrogen-bond donors (Lipinski definition) is 2. The molecule has 0 aromatic carbocycles. The van der Waals surface area contributed by atoms with Crippen LogP contribution in [0.4, 0.5) is 0 Å². The third-order valence-electron chi connectivity index (χ3n) is 4.43. The molecule has 3 N–H and O–H groups in total. The van der Waals surface area contributed by atoms with Gasteiger partial charge in [-0.05, 0) is 37.9 Å². The van der Waals surface area contributed by atoms with Gasteiger partial charge in [-0.1, -0.05) is 19.3 Å². The molecule has 0 radical (unpaired) electrons. The zero-order valence-electron chi connectivity index (χ0n) is 10.9. The fourth-order valence-corrected chi connectivity index (χ4v) is 4.18. The molecule has 1 saturated carbocycles. The second-order valence-corrected chi connectivity index (χ2v) is 6.48. The van der Waals surface area contributed by atoms with Crippen molar-refractivity contribution < 1.29 is 4.74 Å². The van der Waals surface area contributed by atoms with Gasteiger partial charge in [-0.3, -0.25) is 11.3 Å². The predicted molar refractivity (Wildman–Crippen MR) is 74.0 cm³/mol. The van der Waals surface area contributed by atoms with Gasteiger partial charge in [-0.25, -0.2) is 0 Å². The van der Waals surface area contributed by atoms with Crippen LogP contribution in [0.15, 0.2) is 0 Å². The normalized spacial score (nSPS) is 30.4. The largest absolute Gasteiger partial charge is 0.375 e. The van der Waals surface area contributed by atoms with Crippen LogP contribution in [0.5, 0.6) is 0 Å². The molecule has 0 bridgehead atoms. The molecule has 1 heterocycles. The summed E-state index contributed by atoms with van der Waals surface area (Å²) in [6.07, 6.45) is 11.1. The van der Waals surface area contributed by atoms with Gasteiger partial charge in [0, 0.05) is 18.4 Å². The summed E-state index contributed by atoms with van der Waals surface area (Å²) in [5, 5.41) is 0. The van der Waals surface area contributed by atoms with Crippen LogP contribution in [0, 0.1) is 5.92 Å². The molecule has 1 saturated heterocycles. The molecule has 2 aliphatic rings. The Labute approximate surface area is 109 Å². The number of thioether (sulfide) groups is 1. The van der Waals surface area contributed by atoms with Crippen LogP contribution in [0.2, 0.25) is 0 Å². The van der Waals surface area contributed by atoms with Crippen molar-refractivity contribution in [2.75, 3.05) is 18.6 Å². The maximum absolute atomic E-state index is 6.13. The number of hydrazine groups is 1. The van der Waals surface area contributed by atoms with Crippen molar-refractivity contribution in [3.05, 3.63) is 0 Å². The van der Waals surface area contributed by atoms with E-state index >= 15 is 0 Å². The van der Waals surface area contributed by atoms with Crippen LogP contribution < -0.4 is 11.3 Å². The Bertz CT molecular complexity index is 226. The van der Waals surface area contributed by atoms with Crippen LogP contribution in [0.3, 0.4) is 0 Å². The van der Waals surface area contributed by atoms with Crippen LogP contribution in [-0.4, -0.2) is 30.3 Å².